The Hall–Kier alpha value is -4.53. The highest BCUT2D eigenvalue weighted by atomic mass is 16.3. The molecule has 8 nitrogen and oxygen atoms in total. The number of aliphatic hydroxyl groups is 1. The predicted octanol–water partition coefficient (Wildman–Crippen LogP) is 1.81. The number of carbonyl (C=O) groups is 2. The maximum Gasteiger partial charge on any atom is 0.267 e. The molecule has 1 atom stereocenters. The van der Waals surface area contributed by atoms with Gasteiger partial charge in [-0.2, -0.15) is 0 Å². The topological polar surface area (TPSA) is 122 Å². The van der Waals surface area contributed by atoms with Gasteiger partial charge in [-0.1, -0.05) is 24.0 Å². The lowest BCUT2D eigenvalue weighted by Gasteiger charge is -2.18. The van der Waals surface area contributed by atoms with Crippen LogP contribution in [0.5, 0.6) is 0 Å². The molecule has 1 aromatic carbocycles. The average Bonchev–Trinajstić information content (AvgIpc) is 2.86. The fourth-order valence-corrected chi connectivity index (χ4v) is 2.94. The van der Waals surface area contributed by atoms with Crippen molar-refractivity contribution < 1.29 is 14.7 Å². The maximum atomic E-state index is 11.9. The van der Waals surface area contributed by atoms with Crippen LogP contribution in [0.2, 0.25) is 0 Å². The van der Waals surface area contributed by atoms with E-state index in [0.717, 1.165) is 5.69 Å². The largest absolute Gasteiger partial charge is 0.367 e. The van der Waals surface area contributed by atoms with E-state index in [1.165, 1.54) is 11.0 Å². The molecule has 3 rings (SSSR count). The average molecular weight is 454 g/mol. The smallest absolute Gasteiger partial charge is 0.267 e. The first-order valence-corrected chi connectivity index (χ1v) is 10.3. The minimum Gasteiger partial charge on any atom is -0.367 e. The number of nitrogens with two attached hydrogens (primary N) is 1. The van der Waals surface area contributed by atoms with Crippen molar-refractivity contribution in [1.29, 1.82) is 0 Å². The van der Waals surface area contributed by atoms with Crippen LogP contribution in [0.3, 0.4) is 0 Å². The monoisotopic (exact) mass is 453 g/mol. The molecule has 3 N–H and O–H groups in total. The third-order valence-electron chi connectivity index (χ3n) is 4.97. The number of benzene rings is 1. The number of primary amides is 1. The van der Waals surface area contributed by atoms with Gasteiger partial charge >= 0.3 is 0 Å². The maximum absolute atomic E-state index is 11.9. The van der Waals surface area contributed by atoms with Crippen LogP contribution in [0.4, 0.5) is 0 Å². The number of nitrogens with zero attached hydrogens (tertiary/aromatic N) is 4. The zero-order valence-electron chi connectivity index (χ0n) is 18.8. The normalized spacial score (nSPS) is 11.9. The molecule has 34 heavy (non-hydrogen) atoms. The van der Waals surface area contributed by atoms with Crippen LogP contribution in [0, 0.1) is 31.1 Å². The number of amides is 2. The minimum absolute atomic E-state index is 0.0677. The second-order valence-corrected chi connectivity index (χ2v) is 7.69. The second-order valence-electron chi connectivity index (χ2n) is 7.69. The van der Waals surface area contributed by atoms with E-state index < -0.39 is 11.5 Å². The highest BCUT2D eigenvalue weighted by molar-refractivity contribution is 5.92. The summed E-state index contributed by atoms with van der Waals surface area (Å²) in [5.74, 6) is 7.46. The molecule has 2 amide bonds. The van der Waals surface area contributed by atoms with Crippen LogP contribution in [-0.2, 0) is 4.79 Å². The SMILES string of the molecule is C#C[C@](O)(C#Cc1cccc(-c2nc(C(N)=O)cc(-c3ccc(C)nc3)n2)c1)CCN(C)C=O. The Morgan fingerprint density at radius 1 is 1.24 bits per heavy atom. The summed E-state index contributed by atoms with van der Waals surface area (Å²) in [4.78, 5) is 37.2. The Kier molecular flexibility index (Phi) is 7.37. The number of terminal acetylenes is 1. The molecule has 0 aliphatic rings. The number of rotatable bonds is 7. The summed E-state index contributed by atoms with van der Waals surface area (Å²) in [7, 11) is 1.59. The summed E-state index contributed by atoms with van der Waals surface area (Å²) in [6, 6.07) is 12.2. The zero-order chi connectivity index (χ0) is 24.7. The summed E-state index contributed by atoms with van der Waals surface area (Å²) in [6.45, 7) is 2.13. The summed E-state index contributed by atoms with van der Waals surface area (Å²) in [5.41, 5.74) is 7.09. The molecule has 0 aliphatic carbocycles. The standard InChI is InChI=1S/C26H23N5O3/c1-4-26(34,12-13-31(3)17-32)11-10-19-6-5-7-20(14-19)25-29-22(15-23(30-25)24(27)33)21-9-8-18(2)28-16-21/h1,5-9,14-17,34H,12-13H2,2-3H3,(H2,27,33)/t26-/m0/s1. The van der Waals surface area contributed by atoms with Crippen LogP contribution in [0.1, 0.15) is 28.2 Å². The van der Waals surface area contributed by atoms with E-state index in [2.05, 4.69) is 32.7 Å². The molecular formula is C26H23N5O3. The first-order valence-electron chi connectivity index (χ1n) is 10.3. The van der Waals surface area contributed by atoms with Crippen molar-refractivity contribution in [1.82, 2.24) is 19.9 Å². The van der Waals surface area contributed by atoms with E-state index >= 15 is 0 Å². The molecule has 0 saturated heterocycles. The van der Waals surface area contributed by atoms with E-state index in [4.69, 9.17) is 12.2 Å². The summed E-state index contributed by atoms with van der Waals surface area (Å²) >= 11 is 0. The van der Waals surface area contributed by atoms with Gasteiger partial charge in [0.15, 0.2) is 11.4 Å². The highest BCUT2D eigenvalue weighted by Gasteiger charge is 2.21. The third-order valence-corrected chi connectivity index (χ3v) is 4.97. The molecule has 3 aromatic rings. The third kappa shape index (κ3) is 6.04. The van der Waals surface area contributed by atoms with E-state index in [9.17, 15) is 14.7 Å². The predicted molar refractivity (Wildman–Crippen MR) is 128 cm³/mol. The molecule has 0 bridgehead atoms. The number of aryl methyl sites for hydroxylation is 1. The lowest BCUT2D eigenvalue weighted by atomic mass is 10.0. The Balaban J connectivity index is 1.97. The van der Waals surface area contributed by atoms with Crippen molar-refractivity contribution in [2.24, 2.45) is 5.73 Å². The van der Waals surface area contributed by atoms with E-state index in [1.807, 2.05) is 19.1 Å². The Bertz CT molecular complexity index is 1320. The molecule has 0 spiro atoms. The fourth-order valence-electron chi connectivity index (χ4n) is 2.94. The lowest BCUT2D eigenvalue weighted by Crippen LogP contribution is -2.30. The Morgan fingerprint density at radius 2 is 2.03 bits per heavy atom. The first-order chi connectivity index (χ1) is 16.2. The van der Waals surface area contributed by atoms with E-state index in [1.54, 1.807) is 37.5 Å². The lowest BCUT2D eigenvalue weighted by molar-refractivity contribution is -0.117. The van der Waals surface area contributed by atoms with Gasteiger partial charge in [0.1, 0.15) is 5.69 Å². The Labute approximate surface area is 197 Å². The fraction of sp³-hybridized carbons (Fsp3) is 0.192. The van der Waals surface area contributed by atoms with Gasteiger partial charge < -0.3 is 15.7 Å². The summed E-state index contributed by atoms with van der Waals surface area (Å²) in [6.07, 6.45) is 7.88. The molecule has 170 valence electrons. The number of hydrogen-bond acceptors (Lipinski definition) is 6. The van der Waals surface area contributed by atoms with Crippen LogP contribution in [0.25, 0.3) is 22.6 Å². The summed E-state index contributed by atoms with van der Waals surface area (Å²) < 4.78 is 0. The van der Waals surface area contributed by atoms with Crippen LogP contribution in [-0.4, -0.2) is 56.5 Å². The van der Waals surface area contributed by atoms with Crippen molar-refractivity contribution in [3.05, 3.63) is 65.6 Å². The van der Waals surface area contributed by atoms with Crippen molar-refractivity contribution in [2.75, 3.05) is 13.6 Å². The molecule has 0 aliphatic heterocycles. The van der Waals surface area contributed by atoms with Crippen molar-refractivity contribution in [2.45, 2.75) is 18.9 Å². The highest BCUT2D eigenvalue weighted by Crippen LogP contribution is 2.23. The van der Waals surface area contributed by atoms with Crippen LogP contribution < -0.4 is 5.73 Å². The molecule has 0 saturated carbocycles. The van der Waals surface area contributed by atoms with Crippen molar-refractivity contribution in [3.8, 4) is 46.8 Å². The van der Waals surface area contributed by atoms with Crippen molar-refractivity contribution in [3.63, 3.8) is 0 Å². The summed E-state index contributed by atoms with van der Waals surface area (Å²) in [5, 5.41) is 10.6. The zero-order valence-corrected chi connectivity index (χ0v) is 18.8. The first kappa shape index (κ1) is 24.1. The van der Waals surface area contributed by atoms with Gasteiger partial charge in [-0.15, -0.1) is 6.42 Å². The van der Waals surface area contributed by atoms with Gasteiger partial charge in [0.2, 0.25) is 6.41 Å². The van der Waals surface area contributed by atoms with Crippen LogP contribution in [0.15, 0.2) is 48.7 Å². The molecule has 2 heterocycles. The van der Waals surface area contributed by atoms with Gasteiger partial charge in [0.25, 0.3) is 5.91 Å². The van der Waals surface area contributed by atoms with Crippen molar-refractivity contribution >= 4 is 12.3 Å². The second kappa shape index (κ2) is 10.4. The number of carbonyl (C=O) groups excluding carboxylic acids is 2. The van der Waals surface area contributed by atoms with Crippen LogP contribution >= 0.6 is 0 Å². The number of hydrogen-bond donors (Lipinski definition) is 2. The number of pyridine rings is 1. The van der Waals surface area contributed by atoms with Gasteiger partial charge in [-0.05, 0) is 43.2 Å². The van der Waals surface area contributed by atoms with Gasteiger partial charge in [-0.25, -0.2) is 9.97 Å². The minimum atomic E-state index is -1.69. The molecule has 0 radical (unpaired) electrons. The molecule has 0 fully saturated rings. The molecule has 8 heteroatoms. The van der Waals surface area contributed by atoms with E-state index in [-0.39, 0.29) is 24.5 Å². The Morgan fingerprint density at radius 3 is 2.68 bits per heavy atom. The van der Waals surface area contributed by atoms with Gasteiger partial charge in [0, 0.05) is 48.6 Å². The quantitative estimate of drug-likeness (QED) is 0.416. The van der Waals surface area contributed by atoms with Gasteiger partial charge in [0.05, 0.1) is 5.69 Å². The van der Waals surface area contributed by atoms with E-state index in [0.29, 0.717) is 28.8 Å². The molecule has 0 unspecified atom stereocenters. The number of aromatic nitrogens is 3. The molecule has 2 aromatic heterocycles. The molecular weight excluding hydrogens is 430 g/mol. The van der Waals surface area contributed by atoms with Gasteiger partial charge in [-0.3, -0.25) is 14.6 Å².